The Labute approximate surface area is 83.6 Å². The Kier molecular flexibility index (Phi) is 4.00. The summed E-state index contributed by atoms with van der Waals surface area (Å²) in [6, 6.07) is 3.81. The van der Waals surface area contributed by atoms with E-state index in [4.69, 9.17) is 5.11 Å². The van der Waals surface area contributed by atoms with Gasteiger partial charge < -0.3 is 15.5 Å². The fourth-order valence-corrected chi connectivity index (χ4v) is 1.03. The molecule has 0 aromatic carbocycles. The van der Waals surface area contributed by atoms with Crippen LogP contribution in [0.1, 0.15) is 12.5 Å². The first-order valence-electron chi connectivity index (χ1n) is 4.57. The maximum absolute atomic E-state index is 9.48. The van der Waals surface area contributed by atoms with Crippen molar-refractivity contribution in [2.45, 2.75) is 19.1 Å². The van der Waals surface area contributed by atoms with Crippen molar-refractivity contribution >= 4 is 0 Å². The highest BCUT2D eigenvalue weighted by molar-refractivity contribution is 5.09. The van der Waals surface area contributed by atoms with E-state index in [0.717, 1.165) is 5.56 Å². The topological polar surface area (TPSA) is 65.4 Å². The Bertz CT molecular complexity index is 262. The van der Waals surface area contributed by atoms with Crippen LogP contribution in [-0.2, 0) is 6.54 Å². The molecule has 3 N–H and O–H groups in total. The highest BCUT2D eigenvalue weighted by Crippen LogP contribution is 2.00. The van der Waals surface area contributed by atoms with Crippen molar-refractivity contribution < 1.29 is 10.2 Å². The first-order valence-corrected chi connectivity index (χ1v) is 4.57. The monoisotopic (exact) mass is 196 g/mol. The van der Waals surface area contributed by atoms with Gasteiger partial charge in [-0.25, -0.2) is 0 Å². The molecule has 0 spiro atoms. The van der Waals surface area contributed by atoms with E-state index in [1.54, 1.807) is 19.3 Å². The second-order valence-electron chi connectivity index (χ2n) is 3.61. The van der Waals surface area contributed by atoms with Gasteiger partial charge in [-0.1, -0.05) is 0 Å². The summed E-state index contributed by atoms with van der Waals surface area (Å²) in [5.41, 5.74) is 0.0567. The van der Waals surface area contributed by atoms with Crippen molar-refractivity contribution in [3.05, 3.63) is 30.1 Å². The van der Waals surface area contributed by atoms with Gasteiger partial charge in [-0.3, -0.25) is 4.98 Å². The molecule has 14 heavy (non-hydrogen) atoms. The summed E-state index contributed by atoms with van der Waals surface area (Å²) >= 11 is 0. The summed E-state index contributed by atoms with van der Waals surface area (Å²) in [6.07, 6.45) is 3.45. The van der Waals surface area contributed by atoms with Crippen LogP contribution in [0.2, 0.25) is 0 Å². The van der Waals surface area contributed by atoms with Gasteiger partial charge in [0.2, 0.25) is 0 Å². The summed E-state index contributed by atoms with van der Waals surface area (Å²) in [5.74, 6) is 0. The summed E-state index contributed by atoms with van der Waals surface area (Å²) in [5, 5.41) is 21.3. The maximum Gasteiger partial charge on any atom is 0.0972 e. The molecule has 0 amide bonds. The quantitative estimate of drug-likeness (QED) is 0.616. The molecule has 1 heterocycles. The summed E-state index contributed by atoms with van der Waals surface area (Å²) in [7, 11) is 0. The van der Waals surface area contributed by atoms with Crippen molar-refractivity contribution in [2.75, 3.05) is 13.2 Å². The Balaban J connectivity index is 2.29. The van der Waals surface area contributed by atoms with E-state index in [0.29, 0.717) is 13.1 Å². The molecule has 0 radical (unpaired) electrons. The van der Waals surface area contributed by atoms with Crippen LogP contribution in [-0.4, -0.2) is 33.9 Å². The molecule has 1 atom stereocenters. The molecular formula is C10H16N2O2. The number of pyridine rings is 1. The van der Waals surface area contributed by atoms with Crippen LogP contribution in [0.15, 0.2) is 24.5 Å². The van der Waals surface area contributed by atoms with Crippen molar-refractivity contribution in [3.63, 3.8) is 0 Å². The number of nitrogens with one attached hydrogen (secondary N) is 1. The Morgan fingerprint density at radius 3 is 2.64 bits per heavy atom. The molecule has 0 bridgehead atoms. The van der Waals surface area contributed by atoms with Gasteiger partial charge in [-0.05, 0) is 24.6 Å². The molecule has 0 saturated heterocycles. The van der Waals surface area contributed by atoms with Crippen LogP contribution in [0.25, 0.3) is 0 Å². The third kappa shape index (κ3) is 3.83. The molecule has 1 unspecified atom stereocenters. The van der Waals surface area contributed by atoms with E-state index in [1.165, 1.54) is 0 Å². The second-order valence-corrected chi connectivity index (χ2v) is 3.61. The van der Waals surface area contributed by atoms with E-state index < -0.39 is 5.60 Å². The highest BCUT2D eigenvalue weighted by atomic mass is 16.3. The zero-order valence-corrected chi connectivity index (χ0v) is 8.27. The minimum Gasteiger partial charge on any atom is -0.393 e. The first-order chi connectivity index (χ1) is 6.64. The summed E-state index contributed by atoms with van der Waals surface area (Å²) < 4.78 is 0. The molecule has 4 nitrogen and oxygen atoms in total. The van der Waals surface area contributed by atoms with Crippen LogP contribution in [0.4, 0.5) is 0 Å². The Hall–Kier alpha value is -0.970. The molecule has 1 rings (SSSR count). The first kappa shape index (κ1) is 11.1. The molecule has 0 aliphatic heterocycles. The largest absolute Gasteiger partial charge is 0.393 e. The lowest BCUT2D eigenvalue weighted by Gasteiger charge is -2.20. The second kappa shape index (κ2) is 5.05. The van der Waals surface area contributed by atoms with Gasteiger partial charge in [0.1, 0.15) is 0 Å². The molecule has 1 aromatic rings. The molecule has 0 saturated carbocycles. The molecule has 0 aliphatic carbocycles. The lowest BCUT2D eigenvalue weighted by Crippen LogP contribution is -2.40. The van der Waals surface area contributed by atoms with Gasteiger partial charge >= 0.3 is 0 Å². The number of hydrogen-bond donors (Lipinski definition) is 3. The lowest BCUT2D eigenvalue weighted by atomic mass is 10.1. The highest BCUT2D eigenvalue weighted by Gasteiger charge is 2.17. The Morgan fingerprint density at radius 2 is 2.07 bits per heavy atom. The number of aromatic nitrogens is 1. The average molecular weight is 196 g/mol. The smallest absolute Gasteiger partial charge is 0.0972 e. The van der Waals surface area contributed by atoms with Gasteiger partial charge in [-0.2, -0.15) is 0 Å². The molecule has 78 valence electrons. The number of hydrogen-bond acceptors (Lipinski definition) is 4. The standard InChI is InChI=1S/C10H16N2O2/c1-10(14,8-13)7-12-6-9-2-4-11-5-3-9/h2-5,12-14H,6-8H2,1H3. The third-order valence-electron chi connectivity index (χ3n) is 1.92. The van der Waals surface area contributed by atoms with Crippen molar-refractivity contribution in [2.24, 2.45) is 0 Å². The normalized spacial score (nSPS) is 15.1. The van der Waals surface area contributed by atoms with Crippen molar-refractivity contribution in [3.8, 4) is 0 Å². The van der Waals surface area contributed by atoms with Crippen LogP contribution in [0.5, 0.6) is 0 Å². The van der Waals surface area contributed by atoms with Crippen molar-refractivity contribution in [1.29, 1.82) is 0 Å². The maximum atomic E-state index is 9.48. The van der Waals surface area contributed by atoms with E-state index in [-0.39, 0.29) is 6.61 Å². The molecule has 0 aliphatic rings. The van der Waals surface area contributed by atoms with Crippen LogP contribution >= 0.6 is 0 Å². The Morgan fingerprint density at radius 1 is 1.43 bits per heavy atom. The average Bonchev–Trinajstić information content (AvgIpc) is 2.19. The number of rotatable bonds is 5. The third-order valence-corrected chi connectivity index (χ3v) is 1.92. The number of aliphatic hydroxyl groups excluding tert-OH is 1. The summed E-state index contributed by atoms with van der Waals surface area (Å²) in [4.78, 5) is 3.90. The van der Waals surface area contributed by atoms with Crippen LogP contribution < -0.4 is 5.32 Å². The predicted octanol–water partition coefficient (Wildman–Crippen LogP) is -0.0855. The van der Waals surface area contributed by atoms with Crippen molar-refractivity contribution in [1.82, 2.24) is 10.3 Å². The van der Waals surface area contributed by atoms with Crippen LogP contribution in [0.3, 0.4) is 0 Å². The van der Waals surface area contributed by atoms with E-state index in [1.807, 2.05) is 12.1 Å². The molecule has 1 aromatic heterocycles. The van der Waals surface area contributed by atoms with Gasteiger partial charge in [0.05, 0.1) is 12.2 Å². The van der Waals surface area contributed by atoms with Gasteiger partial charge in [0, 0.05) is 25.5 Å². The number of aliphatic hydroxyl groups is 2. The van der Waals surface area contributed by atoms with E-state index >= 15 is 0 Å². The van der Waals surface area contributed by atoms with Gasteiger partial charge in [-0.15, -0.1) is 0 Å². The zero-order valence-electron chi connectivity index (χ0n) is 8.27. The minimum atomic E-state index is -1.05. The molecule has 4 heteroatoms. The van der Waals surface area contributed by atoms with E-state index in [2.05, 4.69) is 10.3 Å². The number of nitrogens with zero attached hydrogens (tertiary/aromatic N) is 1. The van der Waals surface area contributed by atoms with Gasteiger partial charge in [0.25, 0.3) is 0 Å². The predicted molar refractivity (Wildman–Crippen MR) is 53.7 cm³/mol. The fraction of sp³-hybridized carbons (Fsp3) is 0.500. The van der Waals surface area contributed by atoms with E-state index in [9.17, 15) is 5.11 Å². The minimum absolute atomic E-state index is 0.240. The van der Waals surface area contributed by atoms with Crippen LogP contribution in [0, 0.1) is 0 Å². The zero-order chi connectivity index (χ0) is 10.4. The van der Waals surface area contributed by atoms with Gasteiger partial charge in [0.15, 0.2) is 0 Å². The summed E-state index contributed by atoms with van der Waals surface area (Å²) in [6.45, 7) is 2.38. The molecular weight excluding hydrogens is 180 g/mol. The fourth-order valence-electron chi connectivity index (χ4n) is 1.03. The molecule has 0 fully saturated rings. The lowest BCUT2D eigenvalue weighted by molar-refractivity contribution is 0.00254. The SMILES string of the molecule is CC(O)(CO)CNCc1ccncc1.